The lowest BCUT2D eigenvalue weighted by Crippen LogP contribution is -2.37. The SMILES string of the molecule is O=C(NC1CCC(n2cnc3cnc4[nH]ccc4c32)CC1)c1ccccc1. The lowest BCUT2D eigenvalue weighted by Gasteiger charge is -2.30. The van der Waals surface area contributed by atoms with Crippen molar-refractivity contribution in [1.82, 2.24) is 24.8 Å². The predicted molar refractivity (Wildman–Crippen MR) is 105 cm³/mol. The Balaban J connectivity index is 1.32. The third-order valence-corrected chi connectivity index (χ3v) is 5.58. The van der Waals surface area contributed by atoms with Crippen LogP contribution in [0.4, 0.5) is 0 Å². The molecule has 0 unspecified atom stereocenters. The van der Waals surface area contributed by atoms with Crippen LogP contribution in [0.2, 0.25) is 0 Å². The molecule has 1 amide bonds. The number of aromatic nitrogens is 4. The summed E-state index contributed by atoms with van der Waals surface area (Å²) < 4.78 is 2.29. The van der Waals surface area contributed by atoms with E-state index in [1.165, 1.54) is 0 Å². The molecular formula is C21H21N5O. The quantitative estimate of drug-likeness (QED) is 0.584. The first-order chi connectivity index (χ1) is 13.3. The lowest BCUT2D eigenvalue weighted by molar-refractivity contribution is 0.0922. The van der Waals surface area contributed by atoms with Gasteiger partial charge < -0.3 is 14.9 Å². The van der Waals surface area contributed by atoms with Crippen LogP contribution in [0.25, 0.3) is 22.1 Å². The number of H-pyrrole nitrogens is 1. The van der Waals surface area contributed by atoms with Crippen LogP contribution >= 0.6 is 0 Å². The Bertz CT molecular complexity index is 1090. The van der Waals surface area contributed by atoms with Crippen molar-refractivity contribution in [2.45, 2.75) is 37.8 Å². The summed E-state index contributed by atoms with van der Waals surface area (Å²) in [4.78, 5) is 24.5. The minimum atomic E-state index is 0.0206. The minimum absolute atomic E-state index is 0.0206. The van der Waals surface area contributed by atoms with E-state index in [0.717, 1.165) is 53.3 Å². The standard InChI is InChI=1S/C21H21N5O/c27-21(14-4-2-1-3-5-14)25-15-6-8-16(9-7-15)26-13-24-18-12-23-20-17(19(18)26)10-11-22-20/h1-5,10-13,15-16H,6-9H2,(H,22,23)(H,25,27). The summed E-state index contributed by atoms with van der Waals surface area (Å²) in [5, 5.41) is 4.30. The maximum absolute atomic E-state index is 12.4. The number of rotatable bonds is 3. The minimum Gasteiger partial charge on any atom is -0.349 e. The number of aromatic amines is 1. The number of benzene rings is 1. The molecule has 0 bridgehead atoms. The van der Waals surface area contributed by atoms with E-state index in [1.54, 1.807) is 0 Å². The number of nitrogens with one attached hydrogen (secondary N) is 2. The molecule has 6 nitrogen and oxygen atoms in total. The van der Waals surface area contributed by atoms with Crippen LogP contribution in [0.15, 0.2) is 55.1 Å². The molecule has 1 fully saturated rings. The average molecular weight is 359 g/mol. The highest BCUT2D eigenvalue weighted by Gasteiger charge is 2.25. The van der Waals surface area contributed by atoms with Crippen molar-refractivity contribution >= 4 is 28.0 Å². The fraction of sp³-hybridized carbons (Fsp3) is 0.286. The maximum atomic E-state index is 12.4. The van der Waals surface area contributed by atoms with Gasteiger partial charge in [-0.3, -0.25) is 4.79 Å². The zero-order valence-electron chi connectivity index (χ0n) is 14.9. The van der Waals surface area contributed by atoms with Crippen molar-refractivity contribution in [2.75, 3.05) is 0 Å². The number of amides is 1. The van der Waals surface area contributed by atoms with Gasteiger partial charge in [0, 0.05) is 29.2 Å². The normalized spacial score (nSPS) is 20.1. The van der Waals surface area contributed by atoms with Gasteiger partial charge in [0.1, 0.15) is 11.2 Å². The second-order valence-electron chi connectivity index (χ2n) is 7.23. The molecule has 136 valence electrons. The Morgan fingerprint density at radius 1 is 1.07 bits per heavy atom. The number of hydrogen-bond acceptors (Lipinski definition) is 3. The highest BCUT2D eigenvalue weighted by molar-refractivity contribution is 6.01. The Morgan fingerprint density at radius 2 is 1.89 bits per heavy atom. The van der Waals surface area contributed by atoms with Crippen LogP contribution < -0.4 is 5.32 Å². The molecule has 3 aromatic heterocycles. The van der Waals surface area contributed by atoms with E-state index >= 15 is 0 Å². The zero-order chi connectivity index (χ0) is 18.2. The summed E-state index contributed by atoms with van der Waals surface area (Å²) >= 11 is 0. The average Bonchev–Trinajstić information content (AvgIpc) is 3.35. The molecule has 1 aromatic carbocycles. The van der Waals surface area contributed by atoms with Crippen LogP contribution in [0.1, 0.15) is 42.1 Å². The first-order valence-corrected chi connectivity index (χ1v) is 9.44. The summed E-state index contributed by atoms with van der Waals surface area (Å²) in [5.74, 6) is 0.0206. The number of carbonyl (C=O) groups is 1. The van der Waals surface area contributed by atoms with Crippen molar-refractivity contribution in [3.8, 4) is 0 Å². The van der Waals surface area contributed by atoms with Crippen LogP contribution in [-0.4, -0.2) is 31.5 Å². The molecular weight excluding hydrogens is 338 g/mol. The number of fused-ring (bicyclic) bond motifs is 3. The molecule has 1 aliphatic rings. The van der Waals surface area contributed by atoms with Crippen molar-refractivity contribution in [2.24, 2.45) is 0 Å². The third-order valence-electron chi connectivity index (χ3n) is 5.58. The summed E-state index contributed by atoms with van der Waals surface area (Å²) in [6.45, 7) is 0. The monoisotopic (exact) mass is 359 g/mol. The van der Waals surface area contributed by atoms with Crippen molar-refractivity contribution < 1.29 is 4.79 Å². The number of pyridine rings is 1. The van der Waals surface area contributed by atoms with E-state index < -0.39 is 0 Å². The molecule has 0 atom stereocenters. The summed E-state index contributed by atoms with van der Waals surface area (Å²) in [6.07, 6.45) is 9.70. The zero-order valence-corrected chi connectivity index (χ0v) is 14.9. The smallest absolute Gasteiger partial charge is 0.251 e. The van der Waals surface area contributed by atoms with Gasteiger partial charge in [0.15, 0.2) is 0 Å². The Labute approximate surface area is 156 Å². The van der Waals surface area contributed by atoms with Gasteiger partial charge in [-0.15, -0.1) is 0 Å². The van der Waals surface area contributed by atoms with Crippen LogP contribution in [0.3, 0.4) is 0 Å². The molecule has 0 saturated heterocycles. The van der Waals surface area contributed by atoms with Gasteiger partial charge in [0.25, 0.3) is 5.91 Å². The van der Waals surface area contributed by atoms with Gasteiger partial charge in [0.2, 0.25) is 0 Å². The first-order valence-electron chi connectivity index (χ1n) is 9.44. The summed E-state index contributed by atoms with van der Waals surface area (Å²) in [7, 11) is 0. The van der Waals surface area contributed by atoms with Gasteiger partial charge in [-0.1, -0.05) is 18.2 Å². The topological polar surface area (TPSA) is 75.6 Å². The van der Waals surface area contributed by atoms with E-state index in [9.17, 15) is 4.79 Å². The van der Waals surface area contributed by atoms with Gasteiger partial charge in [0.05, 0.1) is 18.0 Å². The van der Waals surface area contributed by atoms with Crippen molar-refractivity contribution in [3.63, 3.8) is 0 Å². The molecule has 5 rings (SSSR count). The van der Waals surface area contributed by atoms with Crippen molar-refractivity contribution in [1.29, 1.82) is 0 Å². The molecule has 0 spiro atoms. The highest BCUT2D eigenvalue weighted by Crippen LogP contribution is 2.33. The van der Waals surface area contributed by atoms with Gasteiger partial charge in [-0.05, 0) is 43.9 Å². The molecule has 2 N–H and O–H groups in total. The number of hydrogen-bond donors (Lipinski definition) is 2. The fourth-order valence-corrected chi connectivity index (χ4v) is 4.16. The summed E-state index contributed by atoms with van der Waals surface area (Å²) in [6, 6.07) is 12.1. The number of carbonyl (C=O) groups excluding carboxylic acids is 1. The second kappa shape index (κ2) is 6.54. The molecule has 6 heteroatoms. The Morgan fingerprint density at radius 3 is 2.70 bits per heavy atom. The van der Waals surface area contributed by atoms with Gasteiger partial charge in [-0.2, -0.15) is 0 Å². The van der Waals surface area contributed by atoms with E-state index in [0.29, 0.717) is 6.04 Å². The molecule has 1 aliphatic carbocycles. The summed E-state index contributed by atoms with van der Waals surface area (Å²) in [5.41, 5.74) is 3.70. The highest BCUT2D eigenvalue weighted by atomic mass is 16.1. The van der Waals surface area contributed by atoms with E-state index in [4.69, 9.17) is 0 Å². The molecule has 27 heavy (non-hydrogen) atoms. The lowest BCUT2D eigenvalue weighted by atomic mass is 9.90. The van der Waals surface area contributed by atoms with Crippen LogP contribution in [0.5, 0.6) is 0 Å². The van der Waals surface area contributed by atoms with E-state index in [-0.39, 0.29) is 11.9 Å². The molecule has 0 radical (unpaired) electrons. The first kappa shape index (κ1) is 16.1. The Hall–Kier alpha value is -3.15. The fourth-order valence-electron chi connectivity index (χ4n) is 4.16. The predicted octanol–water partition coefficient (Wildman–Crippen LogP) is 3.83. The second-order valence-corrected chi connectivity index (χ2v) is 7.23. The largest absolute Gasteiger partial charge is 0.349 e. The number of nitrogens with zero attached hydrogens (tertiary/aromatic N) is 3. The third kappa shape index (κ3) is 2.87. The van der Waals surface area contributed by atoms with Gasteiger partial charge in [-0.25, -0.2) is 9.97 Å². The molecule has 3 heterocycles. The van der Waals surface area contributed by atoms with Crippen LogP contribution in [-0.2, 0) is 0 Å². The van der Waals surface area contributed by atoms with Crippen molar-refractivity contribution in [3.05, 3.63) is 60.7 Å². The van der Waals surface area contributed by atoms with E-state index in [2.05, 4.69) is 30.9 Å². The van der Waals surface area contributed by atoms with E-state index in [1.807, 2.05) is 49.1 Å². The van der Waals surface area contributed by atoms with Gasteiger partial charge >= 0.3 is 0 Å². The number of imidazole rings is 1. The molecule has 0 aliphatic heterocycles. The molecule has 4 aromatic rings. The van der Waals surface area contributed by atoms with Crippen LogP contribution in [0, 0.1) is 0 Å². The molecule has 1 saturated carbocycles. The Kier molecular flexibility index (Phi) is 3.89. The maximum Gasteiger partial charge on any atom is 0.251 e.